The SMILES string of the molecule is CC(C)CN1CCN(C(=O)CC(C)N=C2NS(=O)(=O)c3ccccc32)C(C)C1=O. The van der Waals surface area contributed by atoms with Gasteiger partial charge in [-0.3, -0.25) is 19.3 Å². The molecule has 0 aliphatic carbocycles. The fraction of sp³-hybridized carbons (Fsp3) is 0.550. The number of sulfonamides is 1. The van der Waals surface area contributed by atoms with Crippen LogP contribution in [0.3, 0.4) is 0 Å². The second kappa shape index (κ2) is 8.14. The molecule has 3 rings (SSSR count). The van der Waals surface area contributed by atoms with E-state index in [1.54, 1.807) is 36.9 Å². The summed E-state index contributed by atoms with van der Waals surface area (Å²) in [4.78, 5) is 33.4. The number of fused-ring (bicyclic) bond motifs is 1. The summed E-state index contributed by atoms with van der Waals surface area (Å²) in [6, 6.07) is 5.69. The number of hydrogen-bond acceptors (Lipinski definition) is 5. The molecule has 2 heterocycles. The number of nitrogens with zero attached hydrogens (tertiary/aromatic N) is 3. The molecule has 2 aliphatic rings. The van der Waals surface area contributed by atoms with Gasteiger partial charge in [0, 0.05) is 31.6 Å². The zero-order chi connectivity index (χ0) is 21.3. The molecule has 1 aromatic rings. The summed E-state index contributed by atoms with van der Waals surface area (Å²) < 4.78 is 26.8. The van der Waals surface area contributed by atoms with Crippen LogP contribution < -0.4 is 4.72 Å². The zero-order valence-corrected chi connectivity index (χ0v) is 18.1. The molecule has 9 heteroatoms. The summed E-state index contributed by atoms with van der Waals surface area (Å²) in [6.07, 6.45) is 0.106. The maximum atomic E-state index is 12.8. The molecule has 1 aromatic carbocycles. The van der Waals surface area contributed by atoms with E-state index in [2.05, 4.69) is 23.6 Å². The molecule has 0 spiro atoms. The monoisotopic (exact) mass is 420 g/mol. The van der Waals surface area contributed by atoms with Gasteiger partial charge in [-0.15, -0.1) is 0 Å². The van der Waals surface area contributed by atoms with E-state index < -0.39 is 22.1 Å². The summed E-state index contributed by atoms with van der Waals surface area (Å²) in [5.41, 5.74) is 0.512. The summed E-state index contributed by atoms with van der Waals surface area (Å²) in [5.74, 6) is 0.449. The van der Waals surface area contributed by atoms with E-state index in [1.807, 2.05) is 4.90 Å². The first-order chi connectivity index (χ1) is 13.6. The van der Waals surface area contributed by atoms with Crippen molar-refractivity contribution in [3.8, 4) is 0 Å². The van der Waals surface area contributed by atoms with Gasteiger partial charge in [-0.25, -0.2) is 8.42 Å². The van der Waals surface area contributed by atoms with E-state index in [0.717, 1.165) is 0 Å². The summed E-state index contributed by atoms with van der Waals surface area (Å²) in [7, 11) is -3.61. The number of benzene rings is 1. The molecule has 0 bridgehead atoms. The van der Waals surface area contributed by atoms with Crippen molar-refractivity contribution in [2.75, 3.05) is 19.6 Å². The van der Waals surface area contributed by atoms with Gasteiger partial charge in [0.15, 0.2) is 0 Å². The molecule has 2 aliphatic heterocycles. The molecule has 1 saturated heterocycles. The smallest absolute Gasteiger partial charge is 0.263 e. The number of rotatable bonds is 5. The zero-order valence-electron chi connectivity index (χ0n) is 17.3. The standard InChI is InChI=1S/C20H28N4O4S/c1-13(2)12-23-9-10-24(15(4)20(23)26)18(25)11-14(3)21-19-16-7-5-6-8-17(16)29(27,28)22-19/h5-8,13-15H,9-12H2,1-4H3,(H,21,22). The Bertz CT molecular complexity index is 942. The van der Waals surface area contributed by atoms with E-state index in [4.69, 9.17) is 0 Å². The highest BCUT2D eigenvalue weighted by atomic mass is 32.2. The fourth-order valence-electron chi connectivity index (χ4n) is 3.76. The highest BCUT2D eigenvalue weighted by molar-refractivity contribution is 7.90. The molecule has 2 atom stereocenters. The largest absolute Gasteiger partial charge is 0.339 e. The van der Waals surface area contributed by atoms with Gasteiger partial charge in [0.05, 0.1) is 10.9 Å². The van der Waals surface area contributed by atoms with Crippen LogP contribution in [-0.2, 0) is 19.6 Å². The molecule has 0 saturated carbocycles. The quantitative estimate of drug-likeness (QED) is 0.774. The van der Waals surface area contributed by atoms with Crippen LogP contribution in [-0.4, -0.2) is 67.6 Å². The highest BCUT2D eigenvalue weighted by Crippen LogP contribution is 2.23. The van der Waals surface area contributed by atoms with Crippen molar-refractivity contribution in [3.05, 3.63) is 29.8 Å². The maximum absolute atomic E-state index is 12.8. The Kier molecular flexibility index (Phi) is 5.97. The Morgan fingerprint density at radius 3 is 2.62 bits per heavy atom. The third-order valence-electron chi connectivity index (χ3n) is 5.14. The number of amidine groups is 1. The van der Waals surface area contributed by atoms with Gasteiger partial charge in [-0.1, -0.05) is 26.0 Å². The van der Waals surface area contributed by atoms with Crippen LogP contribution in [0.1, 0.15) is 39.7 Å². The molecule has 158 valence electrons. The predicted molar refractivity (Wildman–Crippen MR) is 110 cm³/mol. The Morgan fingerprint density at radius 1 is 1.24 bits per heavy atom. The molecular formula is C20H28N4O4S. The second-order valence-electron chi connectivity index (χ2n) is 8.07. The Labute approximate surface area is 172 Å². The molecule has 1 N–H and O–H groups in total. The second-order valence-corrected chi connectivity index (χ2v) is 9.72. The Balaban J connectivity index is 1.68. The third-order valence-corrected chi connectivity index (χ3v) is 6.53. The molecule has 1 fully saturated rings. The minimum absolute atomic E-state index is 0.0326. The van der Waals surface area contributed by atoms with Gasteiger partial charge in [0.2, 0.25) is 11.8 Å². The highest BCUT2D eigenvalue weighted by Gasteiger charge is 2.35. The van der Waals surface area contributed by atoms with Crippen molar-refractivity contribution in [1.29, 1.82) is 0 Å². The minimum Gasteiger partial charge on any atom is -0.339 e. The summed E-state index contributed by atoms with van der Waals surface area (Å²) in [5, 5.41) is 0. The van der Waals surface area contributed by atoms with Crippen molar-refractivity contribution in [2.45, 2.75) is 51.1 Å². The number of carbonyl (C=O) groups excluding carboxylic acids is 2. The number of aliphatic imine (C=N–C) groups is 1. The maximum Gasteiger partial charge on any atom is 0.263 e. The summed E-state index contributed by atoms with van der Waals surface area (Å²) >= 11 is 0. The van der Waals surface area contributed by atoms with Crippen LogP contribution >= 0.6 is 0 Å². The first-order valence-electron chi connectivity index (χ1n) is 9.88. The minimum atomic E-state index is -3.61. The van der Waals surface area contributed by atoms with E-state index in [0.29, 0.717) is 31.1 Å². The van der Waals surface area contributed by atoms with E-state index >= 15 is 0 Å². The van der Waals surface area contributed by atoms with Crippen LogP contribution in [0.4, 0.5) is 0 Å². The molecular weight excluding hydrogens is 392 g/mol. The van der Waals surface area contributed by atoms with Gasteiger partial charge in [-0.05, 0) is 31.9 Å². The number of amides is 2. The van der Waals surface area contributed by atoms with Gasteiger partial charge in [0.25, 0.3) is 10.0 Å². The van der Waals surface area contributed by atoms with Crippen LogP contribution in [0.2, 0.25) is 0 Å². The lowest BCUT2D eigenvalue weighted by molar-refractivity contribution is -0.151. The molecule has 2 amide bonds. The lowest BCUT2D eigenvalue weighted by Gasteiger charge is -2.40. The number of hydrogen-bond donors (Lipinski definition) is 1. The number of piperazine rings is 1. The molecule has 0 aromatic heterocycles. The topological polar surface area (TPSA) is 99.1 Å². The van der Waals surface area contributed by atoms with E-state index in [1.165, 1.54) is 6.07 Å². The first-order valence-corrected chi connectivity index (χ1v) is 11.4. The normalized spacial score (nSPS) is 23.3. The van der Waals surface area contributed by atoms with E-state index in [9.17, 15) is 18.0 Å². The van der Waals surface area contributed by atoms with Gasteiger partial charge < -0.3 is 9.80 Å². The van der Waals surface area contributed by atoms with Crippen molar-refractivity contribution in [2.24, 2.45) is 10.9 Å². The molecule has 2 unspecified atom stereocenters. The Hall–Kier alpha value is -2.42. The first kappa shape index (κ1) is 21.3. The van der Waals surface area contributed by atoms with Crippen molar-refractivity contribution in [1.82, 2.24) is 14.5 Å². The fourth-order valence-corrected chi connectivity index (χ4v) is 5.00. The van der Waals surface area contributed by atoms with Crippen molar-refractivity contribution < 1.29 is 18.0 Å². The summed E-state index contributed by atoms with van der Waals surface area (Å²) in [6.45, 7) is 9.36. The van der Waals surface area contributed by atoms with Crippen molar-refractivity contribution in [3.63, 3.8) is 0 Å². The van der Waals surface area contributed by atoms with Crippen molar-refractivity contribution >= 4 is 27.7 Å². The molecule has 8 nitrogen and oxygen atoms in total. The van der Waals surface area contributed by atoms with Crippen LogP contribution in [0, 0.1) is 5.92 Å². The van der Waals surface area contributed by atoms with Crippen LogP contribution in [0.5, 0.6) is 0 Å². The van der Waals surface area contributed by atoms with Gasteiger partial charge in [0.1, 0.15) is 11.9 Å². The van der Waals surface area contributed by atoms with E-state index in [-0.39, 0.29) is 29.0 Å². The van der Waals surface area contributed by atoms with Gasteiger partial charge >= 0.3 is 0 Å². The average molecular weight is 421 g/mol. The van der Waals surface area contributed by atoms with Crippen LogP contribution in [0.25, 0.3) is 0 Å². The lowest BCUT2D eigenvalue weighted by Crippen LogP contribution is -2.58. The lowest BCUT2D eigenvalue weighted by atomic mass is 10.1. The predicted octanol–water partition coefficient (Wildman–Crippen LogP) is 1.22. The number of nitrogens with one attached hydrogen (secondary N) is 1. The Morgan fingerprint density at radius 2 is 1.93 bits per heavy atom. The third kappa shape index (κ3) is 4.44. The van der Waals surface area contributed by atoms with Crippen LogP contribution in [0.15, 0.2) is 34.2 Å². The molecule has 29 heavy (non-hydrogen) atoms. The average Bonchev–Trinajstić information content (AvgIpc) is 2.89. The van der Waals surface area contributed by atoms with Gasteiger partial charge in [-0.2, -0.15) is 0 Å². The number of carbonyl (C=O) groups is 2. The molecule has 0 radical (unpaired) electrons.